The van der Waals surface area contributed by atoms with Gasteiger partial charge in [-0.3, -0.25) is 5.01 Å². The highest BCUT2D eigenvalue weighted by atomic mass is 16.5. The first-order valence-corrected chi connectivity index (χ1v) is 8.44. The number of aryl methyl sites for hydroxylation is 1. The summed E-state index contributed by atoms with van der Waals surface area (Å²) >= 11 is 0. The predicted octanol–water partition coefficient (Wildman–Crippen LogP) is 4.66. The SMILES string of the molecule is CCC[C@@H]1Oc2ccccc2[C@H]2CC(c3ccc(C)cc3)=NN12. The molecule has 2 aromatic carbocycles. The molecule has 0 amide bonds. The van der Waals surface area contributed by atoms with Gasteiger partial charge >= 0.3 is 0 Å². The van der Waals surface area contributed by atoms with Crippen LogP contribution in [-0.2, 0) is 0 Å². The first-order chi connectivity index (χ1) is 11.3. The third-order valence-electron chi connectivity index (χ3n) is 4.70. The Morgan fingerprint density at radius 2 is 1.91 bits per heavy atom. The summed E-state index contributed by atoms with van der Waals surface area (Å²) in [6, 6.07) is 17.3. The molecule has 118 valence electrons. The molecule has 2 aliphatic rings. The van der Waals surface area contributed by atoms with Crippen LogP contribution in [0.25, 0.3) is 0 Å². The summed E-state index contributed by atoms with van der Waals surface area (Å²) in [5, 5.41) is 7.12. The molecular weight excluding hydrogens is 284 g/mol. The Labute approximate surface area is 137 Å². The van der Waals surface area contributed by atoms with Crippen LogP contribution in [0.3, 0.4) is 0 Å². The Kier molecular flexibility index (Phi) is 3.56. The quantitative estimate of drug-likeness (QED) is 0.823. The van der Waals surface area contributed by atoms with Crippen LogP contribution in [0.5, 0.6) is 5.75 Å². The van der Waals surface area contributed by atoms with Crippen LogP contribution in [0.4, 0.5) is 0 Å². The van der Waals surface area contributed by atoms with Crippen molar-refractivity contribution in [1.82, 2.24) is 5.01 Å². The molecule has 3 nitrogen and oxygen atoms in total. The van der Waals surface area contributed by atoms with Gasteiger partial charge in [0.25, 0.3) is 0 Å². The standard InChI is InChI=1S/C20H22N2O/c1-3-6-20-22-18(16-7-4-5-8-19(16)23-20)13-17(21-22)15-11-9-14(2)10-12-15/h4-5,7-12,18,20H,3,6,13H2,1-2H3/t18-,20+/m1/s1. The maximum absolute atomic E-state index is 6.21. The Morgan fingerprint density at radius 1 is 1.13 bits per heavy atom. The number of hydrogen-bond donors (Lipinski definition) is 0. The molecule has 0 unspecified atom stereocenters. The molecule has 0 radical (unpaired) electrons. The summed E-state index contributed by atoms with van der Waals surface area (Å²) in [6.45, 7) is 4.31. The molecule has 2 aromatic rings. The van der Waals surface area contributed by atoms with Crippen molar-refractivity contribution in [2.75, 3.05) is 0 Å². The molecule has 0 aliphatic carbocycles. The Hall–Kier alpha value is -2.29. The first-order valence-electron chi connectivity index (χ1n) is 8.44. The van der Waals surface area contributed by atoms with Gasteiger partial charge in [-0.25, -0.2) is 0 Å². The van der Waals surface area contributed by atoms with Crippen LogP contribution in [-0.4, -0.2) is 16.9 Å². The van der Waals surface area contributed by atoms with E-state index < -0.39 is 0 Å². The molecule has 0 spiro atoms. The van der Waals surface area contributed by atoms with Crippen LogP contribution in [0.1, 0.15) is 48.9 Å². The lowest BCUT2D eigenvalue weighted by molar-refractivity contribution is -0.0223. The van der Waals surface area contributed by atoms with Crippen LogP contribution < -0.4 is 4.74 Å². The zero-order valence-electron chi connectivity index (χ0n) is 13.7. The fraction of sp³-hybridized carbons (Fsp3) is 0.350. The maximum Gasteiger partial charge on any atom is 0.187 e. The first kappa shape index (κ1) is 14.3. The van der Waals surface area contributed by atoms with Gasteiger partial charge in [0.1, 0.15) is 5.75 Å². The Bertz CT molecular complexity index is 736. The van der Waals surface area contributed by atoms with Crippen molar-refractivity contribution >= 4 is 5.71 Å². The zero-order chi connectivity index (χ0) is 15.8. The lowest BCUT2D eigenvalue weighted by Crippen LogP contribution is -2.40. The monoisotopic (exact) mass is 306 g/mol. The summed E-state index contributed by atoms with van der Waals surface area (Å²) in [4.78, 5) is 0. The highest BCUT2D eigenvalue weighted by Crippen LogP contribution is 2.43. The minimum Gasteiger partial charge on any atom is -0.469 e. The number of para-hydroxylation sites is 1. The van der Waals surface area contributed by atoms with E-state index >= 15 is 0 Å². The lowest BCUT2D eigenvalue weighted by Gasteiger charge is -2.38. The lowest BCUT2D eigenvalue weighted by atomic mass is 9.96. The van der Waals surface area contributed by atoms with Gasteiger partial charge in [0.2, 0.25) is 0 Å². The van der Waals surface area contributed by atoms with Crippen molar-refractivity contribution < 1.29 is 4.74 Å². The average molecular weight is 306 g/mol. The fourth-order valence-electron chi connectivity index (χ4n) is 3.47. The van der Waals surface area contributed by atoms with Crippen molar-refractivity contribution in [1.29, 1.82) is 0 Å². The van der Waals surface area contributed by atoms with E-state index in [1.165, 1.54) is 16.7 Å². The molecular formula is C20H22N2O. The third-order valence-corrected chi connectivity index (χ3v) is 4.70. The van der Waals surface area contributed by atoms with Crippen LogP contribution in [0.2, 0.25) is 0 Å². The highest BCUT2D eigenvalue weighted by Gasteiger charge is 2.39. The average Bonchev–Trinajstić information content (AvgIpc) is 3.02. The third kappa shape index (κ3) is 2.50. The molecule has 23 heavy (non-hydrogen) atoms. The highest BCUT2D eigenvalue weighted by molar-refractivity contribution is 6.01. The summed E-state index contributed by atoms with van der Waals surface area (Å²) in [5.41, 5.74) is 4.92. The minimum absolute atomic E-state index is 0.0443. The summed E-state index contributed by atoms with van der Waals surface area (Å²) in [7, 11) is 0. The van der Waals surface area contributed by atoms with E-state index in [4.69, 9.17) is 9.84 Å². The van der Waals surface area contributed by atoms with Gasteiger partial charge in [0.05, 0.1) is 11.8 Å². The van der Waals surface area contributed by atoms with Crippen LogP contribution in [0, 0.1) is 6.92 Å². The van der Waals surface area contributed by atoms with Crippen molar-refractivity contribution in [2.24, 2.45) is 5.10 Å². The molecule has 0 N–H and O–H groups in total. The van der Waals surface area contributed by atoms with E-state index in [-0.39, 0.29) is 6.23 Å². The van der Waals surface area contributed by atoms with E-state index in [1.54, 1.807) is 0 Å². The summed E-state index contributed by atoms with van der Waals surface area (Å²) < 4.78 is 6.21. The zero-order valence-corrected chi connectivity index (χ0v) is 13.7. The Balaban J connectivity index is 1.71. The summed E-state index contributed by atoms with van der Waals surface area (Å²) in [6.07, 6.45) is 3.08. The number of nitrogens with zero attached hydrogens (tertiary/aromatic N) is 2. The van der Waals surface area contributed by atoms with Gasteiger partial charge < -0.3 is 4.74 Å². The second-order valence-corrected chi connectivity index (χ2v) is 6.41. The van der Waals surface area contributed by atoms with E-state index in [1.807, 2.05) is 6.07 Å². The second kappa shape index (κ2) is 5.73. The molecule has 0 saturated carbocycles. The largest absolute Gasteiger partial charge is 0.469 e. The molecule has 2 aliphatic heterocycles. The number of fused-ring (bicyclic) bond motifs is 3. The van der Waals surface area contributed by atoms with Gasteiger partial charge in [-0.1, -0.05) is 61.4 Å². The smallest absolute Gasteiger partial charge is 0.187 e. The molecule has 2 heterocycles. The van der Waals surface area contributed by atoms with Crippen LogP contribution in [0.15, 0.2) is 53.6 Å². The fourth-order valence-corrected chi connectivity index (χ4v) is 3.47. The number of ether oxygens (including phenoxy) is 1. The normalized spacial score (nSPS) is 22.2. The number of benzene rings is 2. The van der Waals surface area contributed by atoms with E-state index in [0.29, 0.717) is 6.04 Å². The van der Waals surface area contributed by atoms with Crippen molar-refractivity contribution in [3.63, 3.8) is 0 Å². The van der Waals surface area contributed by atoms with E-state index in [2.05, 4.69) is 61.3 Å². The molecule has 0 fully saturated rings. The molecule has 0 aromatic heterocycles. The van der Waals surface area contributed by atoms with E-state index in [9.17, 15) is 0 Å². The van der Waals surface area contributed by atoms with Gasteiger partial charge in [0.15, 0.2) is 6.23 Å². The molecule has 2 atom stereocenters. The van der Waals surface area contributed by atoms with Crippen molar-refractivity contribution in [3.05, 3.63) is 65.2 Å². The second-order valence-electron chi connectivity index (χ2n) is 6.41. The molecule has 0 bridgehead atoms. The van der Waals surface area contributed by atoms with Crippen LogP contribution >= 0.6 is 0 Å². The minimum atomic E-state index is 0.0443. The van der Waals surface area contributed by atoms with Gasteiger partial charge in [-0.15, -0.1) is 0 Å². The molecule has 4 rings (SSSR count). The van der Waals surface area contributed by atoms with Gasteiger partial charge in [0, 0.05) is 18.4 Å². The van der Waals surface area contributed by atoms with Gasteiger partial charge in [-0.2, -0.15) is 5.10 Å². The molecule has 0 saturated heterocycles. The molecule has 3 heteroatoms. The number of rotatable bonds is 3. The Morgan fingerprint density at radius 3 is 2.70 bits per heavy atom. The maximum atomic E-state index is 6.21. The number of hydrazone groups is 1. The topological polar surface area (TPSA) is 24.8 Å². The number of hydrogen-bond acceptors (Lipinski definition) is 3. The van der Waals surface area contributed by atoms with E-state index in [0.717, 1.165) is 30.7 Å². The predicted molar refractivity (Wildman–Crippen MR) is 92.7 cm³/mol. The van der Waals surface area contributed by atoms with Crippen molar-refractivity contribution in [2.45, 2.75) is 45.4 Å². The van der Waals surface area contributed by atoms with Crippen molar-refractivity contribution in [3.8, 4) is 5.75 Å². The van der Waals surface area contributed by atoms with Gasteiger partial charge in [-0.05, 0) is 18.6 Å². The summed E-state index contributed by atoms with van der Waals surface area (Å²) in [5.74, 6) is 1.02.